The van der Waals surface area contributed by atoms with E-state index in [2.05, 4.69) is 5.32 Å². The molecule has 0 heterocycles. The lowest BCUT2D eigenvalue weighted by Crippen LogP contribution is -2.54. The molecule has 0 bridgehead atoms. The van der Waals surface area contributed by atoms with Crippen molar-refractivity contribution >= 4 is 11.9 Å². The first-order valence-electron chi connectivity index (χ1n) is 7.54. The second kappa shape index (κ2) is 7.04. The maximum absolute atomic E-state index is 13.7. The summed E-state index contributed by atoms with van der Waals surface area (Å²) in [5, 5.41) is 11.5. The van der Waals surface area contributed by atoms with Crippen LogP contribution in [0.15, 0.2) is 12.1 Å². The highest BCUT2D eigenvalue weighted by Gasteiger charge is 2.35. The number of carbonyl (C=O) groups excluding carboxylic acids is 1. The summed E-state index contributed by atoms with van der Waals surface area (Å²) in [6, 6.07) is 1.87. The molecular formula is C16H20F2N2O3. The summed E-state index contributed by atoms with van der Waals surface area (Å²) in [6.07, 6.45) is 1.24. The molecule has 126 valence electrons. The van der Waals surface area contributed by atoms with Crippen LogP contribution in [0.5, 0.6) is 0 Å². The summed E-state index contributed by atoms with van der Waals surface area (Å²) >= 11 is 0. The van der Waals surface area contributed by atoms with Crippen molar-refractivity contribution < 1.29 is 23.5 Å². The molecule has 0 radical (unpaired) electrons. The second-order valence-electron chi connectivity index (χ2n) is 5.83. The van der Waals surface area contributed by atoms with Crippen molar-refractivity contribution in [2.45, 2.75) is 38.8 Å². The number of halogens is 2. The molecule has 0 spiro atoms. The average molecular weight is 326 g/mol. The molecule has 1 aromatic rings. The minimum absolute atomic E-state index is 0.0341. The Balaban J connectivity index is 1.91. The standard InChI is InChI=1S/C16H20F2N2O3/c1-3-20(8-15(21)22)11-5-10(6-11)19-16(23)12-4-9(2)13(17)7-14(12)18/h4,7,10-11H,3,5-6,8H2,1-2H3,(H,19,23)(H,21,22). The van der Waals surface area contributed by atoms with E-state index in [4.69, 9.17) is 5.11 Å². The Morgan fingerprint density at radius 1 is 1.30 bits per heavy atom. The number of carbonyl (C=O) groups is 2. The van der Waals surface area contributed by atoms with Crippen LogP contribution in [0.1, 0.15) is 35.7 Å². The van der Waals surface area contributed by atoms with Gasteiger partial charge in [0.2, 0.25) is 0 Å². The molecule has 1 fully saturated rings. The molecule has 1 saturated carbocycles. The normalized spacial score (nSPS) is 20.2. The van der Waals surface area contributed by atoms with Gasteiger partial charge in [-0.2, -0.15) is 0 Å². The van der Waals surface area contributed by atoms with Crippen LogP contribution >= 0.6 is 0 Å². The third kappa shape index (κ3) is 4.04. The lowest BCUT2D eigenvalue weighted by atomic mass is 9.85. The van der Waals surface area contributed by atoms with Gasteiger partial charge >= 0.3 is 5.97 Å². The fourth-order valence-electron chi connectivity index (χ4n) is 2.77. The van der Waals surface area contributed by atoms with Crippen LogP contribution in [0, 0.1) is 18.6 Å². The van der Waals surface area contributed by atoms with Crippen LogP contribution in [-0.4, -0.2) is 47.1 Å². The van der Waals surface area contributed by atoms with E-state index in [1.807, 2.05) is 11.8 Å². The molecule has 0 unspecified atom stereocenters. The Morgan fingerprint density at radius 2 is 1.96 bits per heavy atom. The monoisotopic (exact) mass is 326 g/mol. The maximum Gasteiger partial charge on any atom is 0.317 e. The maximum atomic E-state index is 13.7. The molecule has 1 amide bonds. The molecule has 0 aliphatic heterocycles. The van der Waals surface area contributed by atoms with Gasteiger partial charge < -0.3 is 10.4 Å². The van der Waals surface area contributed by atoms with Gasteiger partial charge in [-0.1, -0.05) is 6.92 Å². The van der Waals surface area contributed by atoms with Crippen LogP contribution in [0.4, 0.5) is 8.78 Å². The predicted octanol–water partition coefficient (Wildman–Crippen LogP) is 1.94. The lowest BCUT2D eigenvalue weighted by molar-refractivity contribution is -0.139. The largest absolute Gasteiger partial charge is 0.480 e. The van der Waals surface area contributed by atoms with Crippen LogP contribution in [0.2, 0.25) is 0 Å². The van der Waals surface area contributed by atoms with Crippen molar-refractivity contribution in [3.05, 3.63) is 34.9 Å². The van der Waals surface area contributed by atoms with E-state index in [9.17, 15) is 18.4 Å². The summed E-state index contributed by atoms with van der Waals surface area (Å²) < 4.78 is 26.9. The predicted molar refractivity (Wildman–Crippen MR) is 80.3 cm³/mol. The van der Waals surface area contributed by atoms with Gasteiger partial charge in [-0.3, -0.25) is 14.5 Å². The summed E-state index contributed by atoms with van der Waals surface area (Å²) in [5.74, 6) is -3.03. The number of hydrogen-bond donors (Lipinski definition) is 2. The fourth-order valence-corrected chi connectivity index (χ4v) is 2.77. The number of nitrogens with zero attached hydrogens (tertiary/aromatic N) is 1. The molecule has 0 saturated heterocycles. The van der Waals surface area contributed by atoms with E-state index in [-0.39, 0.29) is 29.8 Å². The summed E-state index contributed by atoms with van der Waals surface area (Å²) in [5.41, 5.74) is 0.0342. The quantitative estimate of drug-likeness (QED) is 0.838. The first-order chi connectivity index (χ1) is 10.8. The summed E-state index contributed by atoms with van der Waals surface area (Å²) in [6.45, 7) is 3.93. The van der Waals surface area contributed by atoms with Crippen molar-refractivity contribution in [2.75, 3.05) is 13.1 Å². The molecule has 2 N–H and O–H groups in total. The second-order valence-corrected chi connectivity index (χ2v) is 5.83. The van der Waals surface area contributed by atoms with Crippen molar-refractivity contribution in [3.63, 3.8) is 0 Å². The highest BCUT2D eigenvalue weighted by molar-refractivity contribution is 5.95. The van der Waals surface area contributed by atoms with Crippen molar-refractivity contribution in [3.8, 4) is 0 Å². The number of amides is 1. The molecule has 1 aliphatic rings. The Bertz CT molecular complexity index is 616. The van der Waals surface area contributed by atoms with E-state index in [1.165, 1.54) is 13.0 Å². The number of likely N-dealkylation sites (N-methyl/N-ethyl adjacent to an activating group) is 1. The van der Waals surface area contributed by atoms with Gasteiger partial charge in [0.1, 0.15) is 11.6 Å². The van der Waals surface area contributed by atoms with E-state index >= 15 is 0 Å². The molecule has 2 rings (SSSR count). The molecule has 1 aliphatic carbocycles. The molecule has 0 aromatic heterocycles. The summed E-state index contributed by atoms with van der Waals surface area (Å²) in [7, 11) is 0. The van der Waals surface area contributed by atoms with Gasteiger partial charge in [0, 0.05) is 18.2 Å². The minimum Gasteiger partial charge on any atom is -0.480 e. The number of nitrogens with one attached hydrogen (secondary N) is 1. The molecule has 23 heavy (non-hydrogen) atoms. The topological polar surface area (TPSA) is 69.6 Å². The van der Waals surface area contributed by atoms with Crippen molar-refractivity contribution in [2.24, 2.45) is 0 Å². The smallest absolute Gasteiger partial charge is 0.317 e. The van der Waals surface area contributed by atoms with Crippen LogP contribution in [-0.2, 0) is 4.79 Å². The molecular weight excluding hydrogens is 306 g/mol. The van der Waals surface area contributed by atoms with Crippen LogP contribution in [0.25, 0.3) is 0 Å². The molecule has 1 aromatic carbocycles. The lowest BCUT2D eigenvalue weighted by Gasteiger charge is -2.42. The number of aliphatic carboxylic acids is 1. The SMILES string of the molecule is CCN(CC(=O)O)C1CC(NC(=O)c2cc(C)c(F)cc2F)C1. The van der Waals surface area contributed by atoms with E-state index in [1.54, 1.807) is 0 Å². The first-order valence-corrected chi connectivity index (χ1v) is 7.54. The number of carboxylic acid groups (broad SMARTS) is 1. The van der Waals surface area contributed by atoms with Gasteiger partial charge in [-0.25, -0.2) is 8.78 Å². The average Bonchev–Trinajstić information content (AvgIpc) is 2.43. The van der Waals surface area contributed by atoms with Gasteiger partial charge in [0.15, 0.2) is 0 Å². The Labute approximate surface area is 133 Å². The Kier molecular flexibility index (Phi) is 5.30. The summed E-state index contributed by atoms with van der Waals surface area (Å²) in [4.78, 5) is 24.7. The highest BCUT2D eigenvalue weighted by Crippen LogP contribution is 2.26. The number of rotatable bonds is 6. The number of hydrogen-bond acceptors (Lipinski definition) is 3. The van der Waals surface area contributed by atoms with Gasteiger partial charge in [0.25, 0.3) is 5.91 Å². The van der Waals surface area contributed by atoms with E-state index in [0.29, 0.717) is 25.5 Å². The molecule has 0 atom stereocenters. The number of carboxylic acids is 1. The fraction of sp³-hybridized carbons (Fsp3) is 0.500. The van der Waals surface area contributed by atoms with E-state index in [0.717, 1.165) is 0 Å². The zero-order valence-electron chi connectivity index (χ0n) is 13.1. The van der Waals surface area contributed by atoms with Gasteiger partial charge in [-0.05, 0) is 37.9 Å². The number of aryl methyl sites for hydroxylation is 1. The zero-order chi connectivity index (χ0) is 17.1. The van der Waals surface area contributed by atoms with Crippen LogP contribution < -0.4 is 5.32 Å². The van der Waals surface area contributed by atoms with Gasteiger partial charge in [0.05, 0.1) is 12.1 Å². The Morgan fingerprint density at radius 3 is 2.52 bits per heavy atom. The third-order valence-electron chi connectivity index (χ3n) is 4.20. The van der Waals surface area contributed by atoms with E-state index < -0.39 is 23.5 Å². The zero-order valence-corrected chi connectivity index (χ0v) is 13.1. The van der Waals surface area contributed by atoms with Crippen molar-refractivity contribution in [1.29, 1.82) is 0 Å². The van der Waals surface area contributed by atoms with Gasteiger partial charge in [-0.15, -0.1) is 0 Å². The third-order valence-corrected chi connectivity index (χ3v) is 4.20. The Hall–Kier alpha value is -2.02. The minimum atomic E-state index is -0.887. The van der Waals surface area contributed by atoms with Crippen molar-refractivity contribution in [1.82, 2.24) is 10.2 Å². The highest BCUT2D eigenvalue weighted by atomic mass is 19.1. The molecule has 7 heteroatoms. The molecule has 5 nitrogen and oxygen atoms in total. The first kappa shape index (κ1) is 17.3. The number of benzene rings is 1. The van der Waals surface area contributed by atoms with Crippen LogP contribution in [0.3, 0.4) is 0 Å².